The average Bonchev–Trinajstić information content (AvgIpc) is 3.46. The molecule has 0 radical (unpaired) electrons. The summed E-state index contributed by atoms with van der Waals surface area (Å²) in [5.41, 5.74) is 1.80. The van der Waals surface area contributed by atoms with Crippen LogP contribution in [-0.2, 0) is 9.47 Å². The SMILES string of the molecule is Cc1nn(-c2cccc(Cl)c2)c2sc(C(=O)N3CCC(C4OCCO4)CC3)cc12. The first-order chi connectivity index (χ1) is 14.1. The zero-order valence-corrected chi connectivity index (χ0v) is 17.7. The molecule has 2 aliphatic rings. The van der Waals surface area contributed by atoms with E-state index in [1.54, 1.807) is 0 Å². The number of hydrogen-bond acceptors (Lipinski definition) is 5. The summed E-state index contributed by atoms with van der Waals surface area (Å²) < 4.78 is 13.1. The van der Waals surface area contributed by atoms with Crippen LogP contribution in [0.2, 0.25) is 5.02 Å². The van der Waals surface area contributed by atoms with Crippen LogP contribution >= 0.6 is 22.9 Å². The highest BCUT2D eigenvalue weighted by Gasteiger charge is 2.32. The number of amides is 1. The topological polar surface area (TPSA) is 56.6 Å². The molecule has 0 bridgehead atoms. The van der Waals surface area contributed by atoms with Gasteiger partial charge in [0, 0.05) is 29.4 Å². The van der Waals surface area contributed by atoms with Crippen molar-refractivity contribution in [2.75, 3.05) is 26.3 Å². The van der Waals surface area contributed by atoms with E-state index in [1.165, 1.54) is 11.3 Å². The molecule has 2 fully saturated rings. The fraction of sp³-hybridized carbons (Fsp3) is 0.429. The molecule has 0 saturated carbocycles. The molecule has 1 aromatic carbocycles. The molecular weight excluding hydrogens is 410 g/mol. The molecule has 29 heavy (non-hydrogen) atoms. The third kappa shape index (κ3) is 3.57. The van der Waals surface area contributed by atoms with Crippen LogP contribution in [0.5, 0.6) is 0 Å². The molecule has 4 heterocycles. The molecule has 0 N–H and O–H groups in total. The van der Waals surface area contributed by atoms with Gasteiger partial charge in [-0.25, -0.2) is 4.68 Å². The Morgan fingerprint density at radius 1 is 1.21 bits per heavy atom. The highest BCUT2D eigenvalue weighted by Crippen LogP contribution is 2.33. The first-order valence-electron chi connectivity index (χ1n) is 9.88. The maximum absolute atomic E-state index is 13.1. The van der Waals surface area contributed by atoms with Crippen molar-refractivity contribution in [3.63, 3.8) is 0 Å². The van der Waals surface area contributed by atoms with E-state index >= 15 is 0 Å². The number of benzene rings is 1. The Kier molecular flexibility index (Phi) is 5.07. The summed E-state index contributed by atoms with van der Waals surface area (Å²) in [5.74, 6) is 0.470. The number of halogens is 1. The van der Waals surface area contributed by atoms with E-state index in [0.717, 1.165) is 52.4 Å². The summed E-state index contributed by atoms with van der Waals surface area (Å²) in [5, 5.41) is 6.32. The van der Waals surface area contributed by atoms with Gasteiger partial charge in [-0.05, 0) is 44.0 Å². The van der Waals surface area contributed by atoms with Gasteiger partial charge >= 0.3 is 0 Å². The molecule has 6 nitrogen and oxygen atoms in total. The molecule has 0 spiro atoms. The van der Waals surface area contributed by atoms with Crippen molar-refractivity contribution in [3.8, 4) is 5.69 Å². The number of piperidine rings is 1. The number of nitrogens with zero attached hydrogens (tertiary/aromatic N) is 3. The van der Waals surface area contributed by atoms with E-state index in [9.17, 15) is 4.79 Å². The van der Waals surface area contributed by atoms with Crippen LogP contribution in [0, 0.1) is 12.8 Å². The lowest BCUT2D eigenvalue weighted by molar-refractivity contribution is -0.0955. The normalized spacial score (nSPS) is 18.8. The summed E-state index contributed by atoms with van der Waals surface area (Å²) >= 11 is 7.64. The Labute approximate surface area is 178 Å². The first kappa shape index (κ1) is 19.1. The quantitative estimate of drug-likeness (QED) is 0.621. The number of hydrogen-bond donors (Lipinski definition) is 0. The van der Waals surface area contributed by atoms with Gasteiger partial charge < -0.3 is 14.4 Å². The largest absolute Gasteiger partial charge is 0.350 e. The Morgan fingerprint density at radius 2 is 1.97 bits per heavy atom. The number of ether oxygens (including phenoxy) is 2. The maximum Gasteiger partial charge on any atom is 0.264 e. The van der Waals surface area contributed by atoms with Gasteiger partial charge in [-0.3, -0.25) is 4.79 Å². The summed E-state index contributed by atoms with van der Waals surface area (Å²) in [7, 11) is 0. The van der Waals surface area contributed by atoms with Gasteiger partial charge in [-0.2, -0.15) is 5.10 Å². The molecule has 2 aliphatic heterocycles. The molecule has 0 aliphatic carbocycles. The fourth-order valence-electron chi connectivity index (χ4n) is 4.11. The molecular formula is C21H22ClN3O3S. The molecule has 2 saturated heterocycles. The Hall–Kier alpha value is -1.93. The van der Waals surface area contributed by atoms with Gasteiger partial charge in [-0.15, -0.1) is 11.3 Å². The smallest absolute Gasteiger partial charge is 0.264 e. The number of carbonyl (C=O) groups excluding carboxylic acids is 1. The lowest BCUT2D eigenvalue weighted by Crippen LogP contribution is -2.41. The number of likely N-dealkylation sites (tertiary alicyclic amines) is 1. The van der Waals surface area contributed by atoms with E-state index in [4.69, 9.17) is 21.1 Å². The van der Waals surface area contributed by atoms with E-state index < -0.39 is 0 Å². The minimum Gasteiger partial charge on any atom is -0.350 e. The number of fused-ring (bicyclic) bond motifs is 1. The third-order valence-corrected chi connectivity index (χ3v) is 7.00. The van der Waals surface area contributed by atoms with Gasteiger partial charge in [0.05, 0.1) is 29.5 Å². The number of thiophene rings is 1. The molecule has 152 valence electrons. The van der Waals surface area contributed by atoms with E-state index in [1.807, 2.05) is 46.8 Å². The standard InChI is InChI=1S/C21H22ClN3O3S/c1-13-17-12-18(29-20(17)25(23-13)16-4-2-3-15(22)11-16)19(26)24-7-5-14(6-8-24)21-27-9-10-28-21/h2-4,11-12,14,21H,5-10H2,1H3. The number of aryl methyl sites for hydroxylation is 1. The number of aromatic nitrogens is 2. The average molecular weight is 432 g/mol. The second-order valence-electron chi connectivity index (χ2n) is 7.55. The lowest BCUT2D eigenvalue weighted by Gasteiger charge is -2.33. The van der Waals surface area contributed by atoms with Crippen LogP contribution in [0.4, 0.5) is 0 Å². The zero-order chi connectivity index (χ0) is 20.0. The monoisotopic (exact) mass is 431 g/mol. The fourth-order valence-corrected chi connectivity index (χ4v) is 5.45. The van der Waals surface area contributed by atoms with Crippen LogP contribution in [0.15, 0.2) is 30.3 Å². The minimum atomic E-state index is -0.0945. The molecule has 5 rings (SSSR count). The van der Waals surface area contributed by atoms with Crippen LogP contribution < -0.4 is 0 Å². The molecule has 1 amide bonds. The second-order valence-corrected chi connectivity index (χ2v) is 9.01. The Morgan fingerprint density at radius 3 is 2.69 bits per heavy atom. The van der Waals surface area contributed by atoms with Crippen molar-refractivity contribution in [2.24, 2.45) is 5.92 Å². The summed E-state index contributed by atoms with van der Waals surface area (Å²) in [6.07, 6.45) is 1.73. The maximum atomic E-state index is 13.1. The molecule has 8 heteroatoms. The predicted molar refractivity (Wildman–Crippen MR) is 113 cm³/mol. The lowest BCUT2D eigenvalue weighted by atomic mass is 9.96. The van der Waals surface area contributed by atoms with E-state index in [2.05, 4.69) is 5.10 Å². The van der Waals surface area contributed by atoms with Gasteiger partial charge in [0.25, 0.3) is 5.91 Å². The van der Waals surface area contributed by atoms with Crippen molar-refractivity contribution in [1.82, 2.24) is 14.7 Å². The van der Waals surface area contributed by atoms with Crippen molar-refractivity contribution >= 4 is 39.1 Å². The van der Waals surface area contributed by atoms with Crippen LogP contribution in [0.3, 0.4) is 0 Å². The zero-order valence-electron chi connectivity index (χ0n) is 16.1. The van der Waals surface area contributed by atoms with Crippen molar-refractivity contribution in [2.45, 2.75) is 26.1 Å². The van der Waals surface area contributed by atoms with Crippen LogP contribution in [-0.4, -0.2) is 53.2 Å². The summed E-state index contributed by atoms with van der Waals surface area (Å²) in [4.78, 5) is 16.8. The Bertz CT molecular complexity index is 1050. The highest BCUT2D eigenvalue weighted by atomic mass is 35.5. The van der Waals surface area contributed by atoms with Crippen LogP contribution in [0.25, 0.3) is 15.9 Å². The van der Waals surface area contributed by atoms with Gasteiger partial charge in [-0.1, -0.05) is 17.7 Å². The van der Waals surface area contributed by atoms with Gasteiger partial charge in [0.2, 0.25) is 0 Å². The van der Waals surface area contributed by atoms with Crippen molar-refractivity contribution in [1.29, 1.82) is 0 Å². The number of rotatable bonds is 3. The van der Waals surface area contributed by atoms with Crippen molar-refractivity contribution in [3.05, 3.63) is 45.9 Å². The first-order valence-corrected chi connectivity index (χ1v) is 11.1. The third-order valence-electron chi connectivity index (χ3n) is 5.67. The molecule has 3 aromatic rings. The van der Waals surface area contributed by atoms with Crippen molar-refractivity contribution < 1.29 is 14.3 Å². The molecule has 2 aromatic heterocycles. The molecule has 0 unspecified atom stereocenters. The second kappa shape index (κ2) is 7.72. The highest BCUT2D eigenvalue weighted by molar-refractivity contribution is 7.20. The van der Waals surface area contributed by atoms with Gasteiger partial charge in [0.15, 0.2) is 6.29 Å². The Balaban J connectivity index is 1.37. The van der Waals surface area contributed by atoms with Crippen LogP contribution in [0.1, 0.15) is 28.2 Å². The summed E-state index contributed by atoms with van der Waals surface area (Å²) in [6, 6.07) is 9.57. The minimum absolute atomic E-state index is 0.0925. The van der Waals surface area contributed by atoms with E-state index in [0.29, 0.717) is 24.2 Å². The molecule has 0 atom stereocenters. The van der Waals surface area contributed by atoms with E-state index in [-0.39, 0.29) is 12.2 Å². The summed E-state index contributed by atoms with van der Waals surface area (Å²) in [6.45, 7) is 4.79. The van der Waals surface area contributed by atoms with Gasteiger partial charge in [0.1, 0.15) is 4.83 Å². The predicted octanol–water partition coefficient (Wildman–Crippen LogP) is 4.27. The number of carbonyl (C=O) groups is 1.